The Bertz CT molecular complexity index is 684. The van der Waals surface area contributed by atoms with Crippen molar-refractivity contribution in [2.45, 2.75) is 39.2 Å². The average Bonchev–Trinajstić information content (AvgIpc) is 2.57. The highest BCUT2D eigenvalue weighted by Gasteiger charge is 2.19. The largest absolute Gasteiger partial charge is 0.329 e. The Balaban J connectivity index is 1.46. The summed E-state index contributed by atoms with van der Waals surface area (Å²) in [6, 6.07) is 12.6. The van der Waals surface area contributed by atoms with Crippen LogP contribution in [0.5, 0.6) is 0 Å². The summed E-state index contributed by atoms with van der Waals surface area (Å²) in [5.74, 6) is 0.819. The Morgan fingerprint density at radius 3 is 2.57 bits per heavy atom. The molecule has 2 aromatic rings. The molecule has 0 aliphatic carbocycles. The van der Waals surface area contributed by atoms with E-state index >= 15 is 0 Å². The molecule has 1 saturated heterocycles. The normalized spacial score (nSPS) is 16.6. The molecule has 0 bridgehead atoms. The Kier molecular flexibility index (Phi) is 5.29. The first-order valence-corrected chi connectivity index (χ1v) is 8.66. The number of hydrogen-bond acceptors (Lipinski definition) is 2. The van der Waals surface area contributed by atoms with Crippen LogP contribution < -0.4 is 5.56 Å². The van der Waals surface area contributed by atoms with Gasteiger partial charge in [0.1, 0.15) is 0 Å². The van der Waals surface area contributed by atoms with Gasteiger partial charge in [-0.15, -0.1) is 0 Å². The highest BCUT2D eigenvalue weighted by Crippen LogP contribution is 2.23. The molecule has 1 aliphatic heterocycles. The zero-order valence-corrected chi connectivity index (χ0v) is 13.9. The third-order valence-corrected chi connectivity index (χ3v) is 5.08. The van der Waals surface area contributed by atoms with Crippen LogP contribution in [0.15, 0.2) is 47.4 Å². The molecule has 122 valence electrons. The predicted molar refractivity (Wildman–Crippen MR) is 94.6 cm³/mol. The van der Waals surface area contributed by atoms with Gasteiger partial charge in [0, 0.05) is 18.3 Å². The van der Waals surface area contributed by atoms with Gasteiger partial charge in [-0.05, 0) is 68.8 Å². The molecule has 23 heavy (non-hydrogen) atoms. The van der Waals surface area contributed by atoms with Gasteiger partial charge in [0.05, 0.1) is 0 Å². The molecule has 3 heteroatoms. The van der Waals surface area contributed by atoms with Gasteiger partial charge in [0.25, 0.3) is 5.56 Å². The van der Waals surface area contributed by atoms with E-state index in [0.29, 0.717) is 0 Å². The summed E-state index contributed by atoms with van der Waals surface area (Å²) in [5, 5.41) is 0. The minimum Gasteiger partial charge on any atom is -0.329 e. The number of H-pyrrole nitrogens is 1. The zero-order valence-electron chi connectivity index (χ0n) is 13.9. The molecule has 1 aromatic carbocycles. The third kappa shape index (κ3) is 4.32. The number of nitrogens with zero attached hydrogens (tertiary/aromatic N) is 1. The number of benzene rings is 1. The van der Waals surface area contributed by atoms with E-state index in [-0.39, 0.29) is 5.56 Å². The molecular weight excluding hydrogens is 284 g/mol. The van der Waals surface area contributed by atoms with E-state index < -0.39 is 0 Å². The third-order valence-electron chi connectivity index (χ3n) is 5.08. The minimum absolute atomic E-state index is 0.0502. The van der Waals surface area contributed by atoms with Gasteiger partial charge in [-0.3, -0.25) is 9.69 Å². The molecule has 0 saturated carbocycles. The van der Waals surface area contributed by atoms with Crippen molar-refractivity contribution in [3.8, 4) is 0 Å². The van der Waals surface area contributed by atoms with Gasteiger partial charge in [-0.25, -0.2) is 0 Å². The number of piperidine rings is 1. The number of hydrogen-bond donors (Lipinski definition) is 1. The highest BCUT2D eigenvalue weighted by molar-refractivity contribution is 5.25. The maximum absolute atomic E-state index is 11.8. The van der Waals surface area contributed by atoms with E-state index in [9.17, 15) is 4.79 Å². The number of nitrogens with one attached hydrogen (secondary N) is 1. The number of aromatic nitrogens is 1. The van der Waals surface area contributed by atoms with Gasteiger partial charge < -0.3 is 4.98 Å². The predicted octanol–water partition coefficient (Wildman–Crippen LogP) is 3.53. The minimum atomic E-state index is 0.0502. The van der Waals surface area contributed by atoms with Crippen LogP contribution in [0.1, 0.15) is 36.0 Å². The van der Waals surface area contributed by atoms with Crippen LogP contribution in [0.2, 0.25) is 0 Å². The van der Waals surface area contributed by atoms with Gasteiger partial charge in [-0.2, -0.15) is 0 Å². The van der Waals surface area contributed by atoms with Crippen LogP contribution in [-0.2, 0) is 13.0 Å². The van der Waals surface area contributed by atoms with Gasteiger partial charge in [0.2, 0.25) is 0 Å². The second-order valence-corrected chi connectivity index (χ2v) is 6.71. The smallest absolute Gasteiger partial charge is 0.252 e. The fourth-order valence-electron chi connectivity index (χ4n) is 3.51. The van der Waals surface area contributed by atoms with Crippen molar-refractivity contribution in [2.24, 2.45) is 5.92 Å². The summed E-state index contributed by atoms with van der Waals surface area (Å²) < 4.78 is 0. The Hall–Kier alpha value is -1.87. The second-order valence-electron chi connectivity index (χ2n) is 6.71. The lowest BCUT2D eigenvalue weighted by atomic mass is 9.89. The SMILES string of the molecule is Cc1ccccc1CCC1CCN(Cc2ccc[nH]c2=O)CC1. The van der Waals surface area contributed by atoms with Gasteiger partial charge in [-0.1, -0.05) is 30.3 Å². The molecule has 1 aliphatic rings. The van der Waals surface area contributed by atoms with E-state index in [1.807, 2.05) is 12.1 Å². The lowest BCUT2D eigenvalue weighted by Gasteiger charge is -2.31. The van der Waals surface area contributed by atoms with E-state index in [1.165, 1.54) is 36.8 Å². The van der Waals surface area contributed by atoms with Crippen molar-refractivity contribution >= 4 is 0 Å². The Morgan fingerprint density at radius 2 is 1.83 bits per heavy atom. The van der Waals surface area contributed by atoms with Crippen molar-refractivity contribution in [3.05, 3.63) is 69.6 Å². The highest BCUT2D eigenvalue weighted by atomic mass is 16.1. The van der Waals surface area contributed by atoms with Crippen LogP contribution in [0.3, 0.4) is 0 Å². The fourth-order valence-corrected chi connectivity index (χ4v) is 3.51. The number of aromatic amines is 1. The van der Waals surface area contributed by atoms with E-state index in [0.717, 1.165) is 31.1 Å². The Morgan fingerprint density at radius 1 is 1.09 bits per heavy atom. The summed E-state index contributed by atoms with van der Waals surface area (Å²) in [6.45, 7) is 5.19. The lowest BCUT2D eigenvalue weighted by molar-refractivity contribution is 0.172. The first kappa shape index (κ1) is 16.0. The second kappa shape index (κ2) is 7.60. The summed E-state index contributed by atoms with van der Waals surface area (Å²) in [4.78, 5) is 16.9. The number of pyridine rings is 1. The van der Waals surface area contributed by atoms with Crippen molar-refractivity contribution in [1.82, 2.24) is 9.88 Å². The topological polar surface area (TPSA) is 36.1 Å². The lowest BCUT2D eigenvalue weighted by Crippen LogP contribution is -2.35. The molecule has 3 rings (SSSR count). The molecule has 0 amide bonds. The number of rotatable bonds is 5. The maximum atomic E-state index is 11.8. The monoisotopic (exact) mass is 310 g/mol. The molecule has 1 N–H and O–H groups in total. The number of likely N-dealkylation sites (tertiary alicyclic amines) is 1. The van der Waals surface area contributed by atoms with Crippen LogP contribution in [0.4, 0.5) is 0 Å². The maximum Gasteiger partial charge on any atom is 0.252 e. The molecule has 1 aromatic heterocycles. The molecule has 0 atom stereocenters. The zero-order chi connectivity index (χ0) is 16.1. The summed E-state index contributed by atoms with van der Waals surface area (Å²) in [5.41, 5.74) is 3.83. The van der Waals surface area contributed by atoms with Gasteiger partial charge in [0.15, 0.2) is 0 Å². The van der Waals surface area contributed by atoms with Crippen LogP contribution in [0, 0.1) is 12.8 Å². The average molecular weight is 310 g/mol. The molecule has 1 fully saturated rings. The van der Waals surface area contributed by atoms with E-state index in [4.69, 9.17) is 0 Å². The fraction of sp³-hybridized carbons (Fsp3) is 0.450. The summed E-state index contributed by atoms with van der Waals surface area (Å²) in [7, 11) is 0. The molecule has 0 radical (unpaired) electrons. The van der Waals surface area contributed by atoms with Crippen LogP contribution in [-0.4, -0.2) is 23.0 Å². The Labute approximate surface area is 138 Å². The molecule has 0 spiro atoms. The molecular formula is C20H26N2O. The summed E-state index contributed by atoms with van der Waals surface area (Å²) >= 11 is 0. The molecule has 0 unspecified atom stereocenters. The number of aryl methyl sites for hydroxylation is 2. The summed E-state index contributed by atoms with van der Waals surface area (Å²) in [6.07, 6.45) is 6.66. The first-order chi connectivity index (χ1) is 11.2. The van der Waals surface area contributed by atoms with E-state index in [2.05, 4.69) is 41.1 Å². The first-order valence-electron chi connectivity index (χ1n) is 8.66. The van der Waals surface area contributed by atoms with Gasteiger partial charge >= 0.3 is 0 Å². The molecule has 3 nitrogen and oxygen atoms in total. The van der Waals surface area contributed by atoms with Crippen molar-refractivity contribution < 1.29 is 0 Å². The standard InChI is InChI=1S/C20H26N2O/c1-16-5-2-3-6-18(16)9-8-17-10-13-22(14-11-17)15-19-7-4-12-21-20(19)23/h2-7,12,17H,8-11,13-15H2,1H3,(H,21,23). The quantitative estimate of drug-likeness (QED) is 0.917. The van der Waals surface area contributed by atoms with E-state index in [1.54, 1.807) is 6.20 Å². The van der Waals surface area contributed by atoms with Crippen molar-refractivity contribution in [3.63, 3.8) is 0 Å². The van der Waals surface area contributed by atoms with Crippen LogP contribution >= 0.6 is 0 Å². The van der Waals surface area contributed by atoms with Crippen molar-refractivity contribution in [1.29, 1.82) is 0 Å². The van der Waals surface area contributed by atoms with Crippen molar-refractivity contribution in [2.75, 3.05) is 13.1 Å². The molecule has 2 heterocycles. The van der Waals surface area contributed by atoms with Crippen LogP contribution in [0.25, 0.3) is 0 Å².